The van der Waals surface area contributed by atoms with Crippen LogP contribution in [0.25, 0.3) is 16.9 Å². The Balaban J connectivity index is 2.31. The number of hydrogen-bond acceptors (Lipinski definition) is 4. The van der Waals surface area contributed by atoms with Crippen LogP contribution in [0.4, 0.5) is 5.82 Å². The molecule has 5 nitrogen and oxygen atoms in total. The van der Waals surface area contributed by atoms with Crippen molar-refractivity contribution in [2.24, 2.45) is 0 Å². The average Bonchev–Trinajstić information content (AvgIpc) is 2.76. The minimum Gasteiger partial charge on any atom is -0.383 e. The van der Waals surface area contributed by atoms with Crippen LogP contribution >= 0.6 is 0 Å². The van der Waals surface area contributed by atoms with Crippen LogP contribution in [0.3, 0.4) is 0 Å². The van der Waals surface area contributed by atoms with E-state index < -0.39 is 0 Å². The Morgan fingerprint density at radius 2 is 1.74 bits per heavy atom. The maximum atomic E-state index is 5.84. The van der Waals surface area contributed by atoms with Crippen LogP contribution in [0.1, 0.15) is 16.7 Å². The van der Waals surface area contributed by atoms with E-state index in [1.165, 1.54) is 17.5 Å². The third-order valence-corrected chi connectivity index (χ3v) is 3.49. The number of aromatic nitrogens is 4. The molecule has 2 aromatic heterocycles. The molecule has 0 spiro atoms. The Labute approximate surface area is 111 Å². The lowest BCUT2D eigenvalue weighted by Crippen LogP contribution is -2.04. The summed E-state index contributed by atoms with van der Waals surface area (Å²) in [7, 11) is 0. The summed E-state index contributed by atoms with van der Waals surface area (Å²) in [4.78, 5) is 12.7. The molecule has 0 aliphatic heterocycles. The van der Waals surface area contributed by atoms with Gasteiger partial charge < -0.3 is 5.73 Å². The van der Waals surface area contributed by atoms with Crippen LogP contribution in [-0.2, 0) is 0 Å². The summed E-state index contributed by atoms with van der Waals surface area (Å²) in [6.45, 7) is 6.09. The molecule has 0 bridgehead atoms. The number of rotatable bonds is 1. The molecule has 0 aliphatic rings. The van der Waals surface area contributed by atoms with Gasteiger partial charge in [-0.2, -0.15) is 0 Å². The summed E-state index contributed by atoms with van der Waals surface area (Å²) in [5.74, 6) is 1.27. The largest absolute Gasteiger partial charge is 0.383 e. The van der Waals surface area contributed by atoms with E-state index in [1.807, 2.05) is 11.5 Å². The molecule has 0 unspecified atom stereocenters. The first-order valence-electron chi connectivity index (χ1n) is 6.09. The second kappa shape index (κ2) is 4.05. The monoisotopic (exact) mass is 253 g/mol. The van der Waals surface area contributed by atoms with Crippen molar-refractivity contribution in [1.29, 1.82) is 0 Å². The topological polar surface area (TPSA) is 69.6 Å². The van der Waals surface area contributed by atoms with E-state index in [-0.39, 0.29) is 0 Å². The fourth-order valence-corrected chi connectivity index (χ4v) is 2.13. The highest BCUT2D eigenvalue weighted by Crippen LogP contribution is 2.23. The van der Waals surface area contributed by atoms with Crippen molar-refractivity contribution in [2.45, 2.75) is 20.8 Å². The van der Waals surface area contributed by atoms with Gasteiger partial charge in [0.1, 0.15) is 24.3 Å². The summed E-state index contributed by atoms with van der Waals surface area (Å²) in [6.07, 6.45) is 3.25. The molecule has 3 aromatic rings. The molecule has 0 atom stereocenters. The summed E-state index contributed by atoms with van der Waals surface area (Å²) >= 11 is 0. The first kappa shape index (κ1) is 11.6. The van der Waals surface area contributed by atoms with Crippen molar-refractivity contribution in [3.05, 3.63) is 41.5 Å². The lowest BCUT2D eigenvalue weighted by molar-refractivity contribution is 0.976. The van der Waals surface area contributed by atoms with Gasteiger partial charge in [-0.25, -0.2) is 15.0 Å². The normalized spacial score (nSPS) is 11.1. The Hall–Kier alpha value is -2.43. The smallest absolute Gasteiger partial charge is 0.146 e. The third kappa shape index (κ3) is 1.74. The molecule has 2 heterocycles. The van der Waals surface area contributed by atoms with Crippen molar-refractivity contribution >= 4 is 16.9 Å². The van der Waals surface area contributed by atoms with Crippen molar-refractivity contribution in [3.63, 3.8) is 0 Å². The molecule has 0 saturated carbocycles. The lowest BCUT2D eigenvalue weighted by Gasteiger charge is -2.08. The second-order valence-electron chi connectivity index (χ2n) is 4.75. The maximum Gasteiger partial charge on any atom is 0.146 e. The van der Waals surface area contributed by atoms with Gasteiger partial charge in [0.15, 0.2) is 0 Å². The number of hydrogen-bond donors (Lipinski definition) is 1. The highest BCUT2D eigenvalue weighted by atomic mass is 15.1. The zero-order chi connectivity index (χ0) is 13.6. The van der Waals surface area contributed by atoms with Gasteiger partial charge in [-0.05, 0) is 44.0 Å². The van der Waals surface area contributed by atoms with Gasteiger partial charge in [0, 0.05) is 5.56 Å². The fraction of sp³-hybridized carbons (Fsp3) is 0.214. The molecule has 1 aromatic carbocycles. The van der Waals surface area contributed by atoms with Crippen molar-refractivity contribution in [1.82, 2.24) is 19.5 Å². The summed E-state index contributed by atoms with van der Waals surface area (Å²) < 4.78 is 1.95. The summed E-state index contributed by atoms with van der Waals surface area (Å²) in [5, 5.41) is 0. The van der Waals surface area contributed by atoms with Crippen LogP contribution < -0.4 is 5.73 Å². The number of nitrogens with two attached hydrogens (primary N) is 1. The molecule has 5 heteroatoms. The van der Waals surface area contributed by atoms with Crippen LogP contribution in [0.2, 0.25) is 0 Å². The van der Waals surface area contributed by atoms with E-state index >= 15 is 0 Å². The molecule has 0 saturated heterocycles. The minimum atomic E-state index is 0.496. The zero-order valence-corrected chi connectivity index (χ0v) is 11.2. The standard InChI is InChI=1S/C14H15N5/c1-8-4-11-12(5-9(8)2)19(7-18-11)14-10(3)13(15)16-6-17-14/h4-7H,1-3H3,(H2,15,16,17). The Morgan fingerprint density at radius 1 is 1.00 bits per heavy atom. The van der Waals surface area contributed by atoms with Crippen LogP contribution in [0, 0.1) is 20.8 Å². The minimum absolute atomic E-state index is 0.496. The Kier molecular flexibility index (Phi) is 2.48. The van der Waals surface area contributed by atoms with E-state index in [4.69, 9.17) is 5.73 Å². The molecule has 2 N–H and O–H groups in total. The molecule has 3 rings (SSSR count). The summed E-state index contributed by atoms with van der Waals surface area (Å²) in [6, 6.07) is 4.20. The molecule has 0 aliphatic carbocycles. The predicted octanol–water partition coefficient (Wildman–Crippen LogP) is 2.32. The van der Waals surface area contributed by atoms with Gasteiger partial charge in [-0.3, -0.25) is 4.57 Å². The number of nitrogen functional groups attached to an aromatic ring is 1. The number of anilines is 1. The van der Waals surface area contributed by atoms with E-state index in [0.717, 1.165) is 22.4 Å². The van der Waals surface area contributed by atoms with Crippen molar-refractivity contribution in [2.75, 3.05) is 5.73 Å². The SMILES string of the molecule is Cc1cc2ncn(-c3ncnc(N)c3C)c2cc1C. The molecule has 0 fully saturated rings. The number of fused-ring (bicyclic) bond motifs is 1. The van der Waals surface area contributed by atoms with Crippen LogP contribution in [0.5, 0.6) is 0 Å². The van der Waals surface area contributed by atoms with Gasteiger partial charge in [-0.15, -0.1) is 0 Å². The van der Waals surface area contributed by atoms with E-state index in [0.29, 0.717) is 5.82 Å². The molecular formula is C14H15N5. The number of nitrogens with zero attached hydrogens (tertiary/aromatic N) is 4. The quantitative estimate of drug-likeness (QED) is 0.722. The average molecular weight is 253 g/mol. The van der Waals surface area contributed by atoms with Gasteiger partial charge in [0.25, 0.3) is 0 Å². The molecule has 0 radical (unpaired) electrons. The van der Waals surface area contributed by atoms with E-state index in [1.54, 1.807) is 6.33 Å². The highest BCUT2D eigenvalue weighted by molar-refractivity contribution is 5.79. The van der Waals surface area contributed by atoms with E-state index in [9.17, 15) is 0 Å². The fourth-order valence-electron chi connectivity index (χ4n) is 2.13. The first-order valence-corrected chi connectivity index (χ1v) is 6.09. The highest BCUT2D eigenvalue weighted by Gasteiger charge is 2.11. The Bertz CT molecular complexity index is 773. The predicted molar refractivity (Wildman–Crippen MR) is 75.3 cm³/mol. The number of benzene rings is 1. The number of imidazole rings is 1. The van der Waals surface area contributed by atoms with E-state index in [2.05, 4.69) is 40.9 Å². The maximum absolute atomic E-state index is 5.84. The van der Waals surface area contributed by atoms with Crippen molar-refractivity contribution in [3.8, 4) is 5.82 Å². The lowest BCUT2D eigenvalue weighted by atomic mass is 10.1. The van der Waals surface area contributed by atoms with Crippen molar-refractivity contribution < 1.29 is 0 Å². The number of aryl methyl sites for hydroxylation is 2. The van der Waals surface area contributed by atoms with Gasteiger partial charge in [0.2, 0.25) is 0 Å². The summed E-state index contributed by atoms with van der Waals surface area (Å²) in [5.41, 5.74) is 11.2. The van der Waals surface area contributed by atoms with Gasteiger partial charge >= 0.3 is 0 Å². The molecular weight excluding hydrogens is 238 g/mol. The molecule has 0 amide bonds. The van der Waals surface area contributed by atoms with Crippen LogP contribution in [-0.4, -0.2) is 19.5 Å². The first-order chi connectivity index (χ1) is 9.08. The zero-order valence-electron chi connectivity index (χ0n) is 11.2. The third-order valence-electron chi connectivity index (χ3n) is 3.49. The molecule has 96 valence electrons. The molecule has 19 heavy (non-hydrogen) atoms. The second-order valence-corrected chi connectivity index (χ2v) is 4.75. The van der Waals surface area contributed by atoms with Gasteiger partial charge in [0.05, 0.1) is 11.0 Å². The van der Waals surface area contributed by atoms with Gasteiger partial charge in [-0.1, -0.05) is 0 Å². The van der Waals surface area contributed by atoms with Crippen LogP contribution in [0.15, 0.2) is 24.8 Å². The Morgan fingerprint density at radius 3 is 2.53 bits per heavy atom.